The fraction of sp³-hybridized carbons (Fsp3) is 0.400. The first-order valence-corrected chi connectivity index (χ1v) is 9.05. The van der Waals surface area contributed by atoms with Gasteiger partial charge < -0.3 is 19.9 Å². The summed E-state index contributed by atoms with van der Waals surface area (Å²) in [6, 6.07) is 10.5. The van der Waals surface area contributed by atoms with Crippen LogP contribution in [0.1, 0.15) is 18.1 Å². The summed E-state index contributed by atoms with van der Waals surface area (Å²) in [5.74, 6) is 1.79. The van der Waals surface area contributed by atoms with Gasteiger partial charge in [0.1, 0.15) is 11.6 Å². The van der Waals surface area contributed by atoms with Gasteiger partial charge in [0.25, 0.3) is 0 Å². The van der Waals surface area contributed by atoms with Crippen LogP contribution >= 0.6 is 24.0 Å². The molecular weight excluding hydrogens is 491 g/mol. The zero-order valence-corrected chi connectivity index (χ0v) is 19.4. The van der Waals surface area contributed by atoms with Crippen molar-refractivity contribution in [2.45, 2.75) is 26.6 Å². The Labute approximate surface area is 188 Å². The number of guanidine groups is 1. The van der Waals surface area contributed by atoms with Crippen molar-refractivity contribution in [1.29, 1.82) is 0 Å². The van der Waals surface area contributed by atoms with Crippen LogP contribution in [0.2, 0.25) is 0 Å². The van der Waals surface area contributed by atoms with Gasteiger partial charge >= 0.3 is 6.61 Å². The van der Waals surface area contributed by atoms with E-state index in [1.165, 1.54) is 0 Å². The van der Waals surface area contributed by atoms with E-state index in [2.05, 4.69) is 15.0 Å². The number of pyridine rings is 1. The van der Waals surface area contributed by atoms with E-state index in [4.69, 9.17) is 4.99 Å². The highest BCUT2D eigenvalue weighted by atomic mass is 127. The summed E-state index contributed by atoms with van der Waals surface area (Å²) >= 11 is 0. The molecule has 6 nitrogen and oxygen atoms in total. The Hall–Kier alpha value is -2.17. The number of aromatic nitrogens is 1. The van der Waals surface area contributed by atoms with E-state index in [0.717, 1.165) is 29.4 Å². The number of hydrogen-bond donors (Lipinski definition) is 1. The molecule has 0 saturated heterocycles. The largest absolute Gasteiger partial charge is 0.435 e. The lowest BCUT2D eigenvalue weighted by atomic mass is 10.2. The van der Waals surface area contributed by atoms with Gasteiger partial charge in [-0.1, -0.05) is 18.2 Å². The molecule has 0 aliphatic heterocycles. The van der Waals surface area contributed by atoms with Crippen molar-refractivity contribution in [1.82, 2.24) is 15.2 Å². The number of aliphatic imine (C=N–C) groups is 1. The third-order valence-electron chi connectivity index (χ3n) is 3.96. The lowest BCUT2D eigenvalue weighted by Gasteiger charge is -2.23. The van der Waals surface area contributed by atoms with Crippen LogP contribution in [0.25, 0.3) is 0 Å². The Morgan fingerprint density at radius 1 is 1.17 bits per heavy atom. The lowest BCUT2D eigenvalue weighted by Crippen LogP contribution is -2.38. The number of nitrogens with one attached hydrogen (secondary N) is 1. The van der Waals surface area contributed by atoms with Gasteiger partial charge in [-0.25, -0.2) is 9.98 Å². The maximum atomic E-state index is 12.3. The van der Waals surface area contributed by atoms with Gasteiger partial charge in [-0.05, 0) is 30.7 Å². The van der Waals surface area contributed by atoms with Gasteiger partial charge in [-0.15, -0.1) is 24.0 Å². The molecule has 0 saturated carbocycles. The van der Waals surface area contributed by atoms with Crippen LogP contribution in [-0.4, -0.2) is 50.1 Å². The SMILES string of the molecule is CCNC(=NCc1cccnc1N(C)C)N(C)Cc1ccc(OC(F)F)cc1.I. The maximum absolute atomic E-state index is 12.3. The Kier molecular flexibility index (Phi) is 10.6. The Bertz CT molecular complexity index is 772. The first-order valence-electron chi connectivity index (χ1n) is 9.05. The van der Waals surface area contributed by atoms with E-state index in [9.17, 15) is 8.78 Å². The molecule has 1 N–H and O–H groups in total. The van der Waals surface area contributed by atoms with Gasteiger partial charge in [-0.3, -0.25) is 0 Å². The third kappa shape index (κ3) is 8.00. The molecule has 0 amide bonds. The van der Waals surface area contributed by atoms with Gasteiger partial charge in [0, 0.05) is 46.0 Å². The summed E-state index contributed by atoms with van der Waals surface area (Å²) in [7, 11) is 5.84. The monoisotopic (exact) mass is 519 g/mol. The van der Waals surface area contributed by atoms with Crippen molar-refractivity contribution in [3.63, 3.8) is 0 Å². The average Bonchev–Trinajstić information content (AvgIpc) is 2.66. The molecule has 0 spiro atoms. The summed E-state index contributed by atoms with van der Waals surface area (Å²) in [6.45, 7) is 0.997. The normalized spacial score (nSPS) is 11.1. The number of alkyl halides is 2. The minimum absolute atomic E-state index is 0. The molecule has 1 heterocycles. The van der Waals surface area contributed by atoms with Crippen LogP contribution in [0.15, 0.2) is 47.6 Å². The van der Waals surface area contributed by atoms with E-state index in [-0.39, 0.29) is 29.7 Å². The number of ether oxygens (including phenoxy) is 1. The minimum atomic E-state index is -2.82. The maximum Gasteiger partial charge on any atom is 0.387 e. The van der Waals surface area contributed by atoms with E-state index >= 15 is 0 Å². The molecule has 0 unspecified atom stereocenters. The molecular formula is C20H28F2IN5O. The van der Waals surface area contributed by atoms with Crippen molar-refractivity contribution >= 4 is 35.8 Å². The molecule has 2 rings (SSSR count). The second-order valence-electron chi connectivity index (χ2n) is 6.43. The third-order valence-corrected chi connectivity index (χ3v) is 3.96. The molecule has 0 fully saturated rings. The van der Waals surface area contributed by atoms with Crippen molar-refractivity contribution < 1.29 is 13.5 Å². The number of hydrogen-bond acceptors (Lipinski definition) is 4. The fourth-order valence-corrected chi connectivity index (χ4v) is 2.71. The average molecular weight is 519 g/mol. The van der Waals surface area contributed by atoms with Gasteiger partial charge in [-0.2, -0.15) is 8.78 Å². The van der Waals surface area contributed by atoms with Gasteiger partial charge in [0.05, 0.1) is 6.54 Å². The van der Waals surface area contributed by atoms with Crippen LogP contribution in [-0.2, 0) is 13.1 Å². The molecule has 0 bridgehead atoms. The number of anilines is 1. The highest BCUT2D eigenvalue weighted by molar-refractivity contribution is 14.0. The van der Waals surface area contributed by atoms with Crippen molar-refractivity contribution in [2.24, 2.45) is 4.99 Å². The van der Waals surface area contributed by atoms with Crippen LogP contribution in [0.4, 0.5) is 14.6 Å². The fourth-order valence-electron chi connectivity index (χ4n) is 2.71. The number of halogens is 3. The second kappa shape index (κ2) is 12.4. The molecule has 0 aliphatic carbocycles. The summed E-state index contributed by atoms with van der Waals surface area (Å²) in [4.78, 5) is 13.1. The van der Waals surface area contributed by atoms with E-state index in [1.54, 1.807) is 30.5 Å². The quantitative estimate of drug-likeness (QED) is 0.325. The van der Waals surface area contributed by atoms with Crippen molar-refractivity contribution in [3.05, 3.63) is 53.7 Å². The van der Waals surface area contributed by atoms with Crippen LogP contribution in [0.3, 0.4) is 0 Å². The first-order chi connectivity index (χ1) is 13.4. The van der Waals surface area contributed by atoms with E-state index in [0.29, 0.717) is 13.1 Å². The highest BCUT2D eigenvalue weighted by Gasteiger charge is 2.10. The number of benzene rings is 1. The standard InChI is InChI=1S/C20H27F2N5O.HI/c1-5-23-20(25-13-16-7-6-12-24-18(16)26(2)3)27(4)14-15-8-10-17(11-9-15)28-19(21)22;/h6-12,19H,5,13-14H2,1-4H3,(H,23,25);1H. The lowest BCUT2D eigenvalue weighted by molar-refractivity contribution is -0.0498. The Balaban J connectivity index is 0.00000420. The van der Waals surface area contributed by atoms with E-state index < -0.39 is 6.61 Å². The van der Waals surface area contributed by atoms with Crippen LogP contribution in [0, 0.1) is 0 Å². The molecule has 2 aromatic rings. The summed E-state index contributed by atoms with van der Waals surface area (Å²) in [5, 5.41) is 3.28. The van der Waals surface area contributed by atoms with Crippen LogP contribution in [0.5, 0.6) is 5.75 Å². The summed E-state index contributed by atoms with van der Waals surface area (Å²) in [6.07, 6.45) is 1.77. The molecule has 0 atom stereocenters. The highest BCUT2D eigenvalue weighted by Crippen LogP contribution is 2.17. The number of nitrogens with zero attached hydrogens (tertiary/aromatic N) is 4. The number of rotatable bonds is 8. The molecule has 9 heteroatoms. The van der Waals surface area contributed by atoms with Crippen molar-refractivity contribution in [3.8, 4) is 5.75 Å². The van der Waals surface area contributed by atoms with Gasteiger partial charge in [0.2, 0.25) is 0 Å². The first kappa shape index (κ1) is 24.9. The Morgan fingerprint density at radius 3 is 2.45 bits per heavy atom. The second-order valence-corrected chi connectivity index (χ2v) is 6.43. The summed E-state index contributed by atoms with van der Waals surface area (Å²) in [5.41, 5.74) is 2.00. The molecule has 0 radical (unpaired) electrons. The zero-order chi connectivity index (χ0) is 20.5. The predicted molar refractivity (Wildman–Crippen MR) is 123 cm³/mol. The van der Waals surface area contributed by atoms with E-state index in [1.807, 2.05) is 50.0 Å². The molecule has 0 aliphatic rings. The zero-order valence-electron chi connectivity index (χ0n) is 17.1. The smallest absolute Gasteiger partial charge is 0.387 e. The minimum Gasteiger partial charge on any atom is -0.435 e. The van der Waals surface area contributed by atoms with Crippen LogP contribution < -0.4 is 15.0 Å². The summed E-state index contributed by atoms with van der Waals surface area (Å²) < 4.78 is 28.9. The molecule has 29 heavy (non-hydrogen) atoms. The molecule has 1 aromatic carbocycles. The molecule has 1 aromatic heterocycles. The predicted octanol–water partition coefficient (Wildman–Crippen LogP) is 3.96. The van der Waals surface area contributed by atoms with Gasteiger partial charge in [0.15, 0.2) is 5.96 Å². The van der Waals surface area contributed by atoms with Crippen molar-refractivity contribution in [2.75, 3.05) is 32.6 Å². The topological polar surface area (TPSA) is 53.0 Å². The molecule has 160 valence electrons. The Morgan fingerprint density at radius 2 is 1.86 bits per heavy atom.